The van der Waals surface area contributed by atoms with E-state index in [9.17, 15) is 4.79 Å². The van der Waals surface area contributed by atoms with Crippen molar-refractivity contribution >= 4 is 5.97 Å². The van der Waals surface area contributed by atoms with Crippen molar-refractivity contribution in [2.45, 2.75) is 38.2 Å². The van der Waals surface area contributed by atoms with Gasteiger partial charge in [0.25, 0.3) is 0 Å². The molecule has 1 fully saturated rings. The summed E-state index contributed by atoms with van der Waals surface area (Å²) in [5.41, 5.74) is 0. The van der Waals surface area contributed by atoms with Crippen molar-refractivity contribution < 1.29 is 14.6 Å². The van der Waals surface area contributed by atoms with Crippen LogP contribution in [-0.4, -0.2) is 24.3 Å². The van der Waals surface area contributed by atoms with E-state index in [2.05, 4.69) is 0 Å². The average molecular weight is 172 g/mol. The van der Waals surface area contributed by atoms with Gasteiger partial charge in [-0.15, -0.1) is 0 Å². The van der Waals surface area contributed by atoms with Gasteiger partial charge in [-0.3, -0.25) is 4.79 Å². The minimum Gasteiger partial charge on any atom is -0.481 e. The zero-order valence-corrected chi connectivity index (χ0v) is 7.45. The summed E-state index contributed by atoms with van der Waals surface area (Å²) in [6.07, 6.45) is 4.87. The van der Waals surface area contributed by atoms with Crippen LogP contribution in [0.25, 0.3) is 0 Å². The van der Waals surface area contributed by atoms with E-state index in [0.717, 1.165) is 32.1 Å². The van der Waals surface area contributed by atoms with E-state index in [4.69, 9.17) is 9.84 Å². The van der Waals surface area contributed by atoms with Crippen LogP contribution in [0.1, 0.15) is 32.1 Å². The van der Waals surface area contributed by atoms with Crippen molar-refractivity contribution in [3.63, 3.8) is 0 Å². The molecule has 2 atom stereocenters. The quantitative estimate of drug-likeness (QED) is 0.644. The second-order valence-corrected chi connectivity index (χ2v) is 3.36. The normalized spacial score (nSPS) is 31.1. The monoisotopic (exact) mass is 172 g/mol. The summed E-state index contributed by atoms with van der Waals surface area (Å²) in [4.78, 5) is 10.8. The molecule has 0 amide bonds. The molecule has 1 saturated carbocycles. The van der Waals surface area contributed by atoms with Gasteiger partial charge < -0.3 is 9.84 Å². The molecule has 1 N–H and O–H groups in total. The summed E-state index contributed by atoms with van der Waals surface area (Å²) < 4.78 is 5.16. The molecular weight excluding hydrogens is 156 g/mol. The van der Waals surface area contributed by atoms with Crippen molar-refractivity contribution in [3.05, 3.63) is 0 Å². The Kier molecular flexibility index (Phi) is 3.53. The van der Waals surface area contributed by atoms with E-state index in [1.807, 2.05) is 0 Å². The van der Waals surface area contributed by atoms with Crippen molar-refractivity contribution in [1.29, 1.82) is 0 Å². The molecular formula is C9H16O3. The van der Waals surface area contributed by atoms with Crippen molar-refractivity contribution in [3.8, 4) is 0 Å². The van der Waals surface area contributed by atoms with Crippen molar-refractivity contribution in [2.75, 3.05) is 7.11 Å². The molecule has 0 heterocycles. The molecule has 12 heavy (non-hydrogen) atoms. The molecule has 1 aliphatic carbocycles. The first-order valence-corrected chi connectivity index (χ1v) is 4.51. The summed E-state index contributed by atoms with van der Waals surface area (Å²) >= 11 is 0. The van der Waals surface area contributed by atoms with Crippen LogP contribution >= 0.6 is 0 Å². The van der Waals surface area contributed by atoms with Crippen LogP contribution < -0.4 is 0 Å². The molecule has 1 aliphatic rings. The van der Waals surface area contributed by atoms with Crippen LogP contribution in [0.2, 0.25) is 0 Å². The SMILES string of the molecule is CO[C@@H]1CCCCC[C@@H]1C(=O)O. The van der Waals surface area contributed by atoms with Crippen LogP contribution in [0.5, 0.6) is 0 Å². The van der Waals surface area contributed by atoms with Gasteiger partial charge in [-0.25, -0.2) is 0 Å². The maximum Gasteiger partial charge on any atom is 0.309 e. The van der Waals surface area contributed by atoms with Gasteiger partial charge in [-0.1, -0.05) is 19.3 Å². The van der Waals surface area contributed by atoms with Crippen LogP contribution in [0.15, 0.2) is 0 Å². The van der Waals surface area contributed by atoms with Gasteiger partial charge in [-0.05, 0) is 12.8 Å². The lowest BCUT2D eigenvalue weighted by atomic mass is 9.97. The van der Waals surface area contributed by atoms with Crippen LogP contribution in [0, 0.1) is 5.92 Å². The molecule has 0 aliphatic heterocycles. The van der Waals surface area contributed by atoms with Gasteiger partial charge >= 0.3 is 5.97 Å². The van der Waals surface area contributed by atoms with Crippen molar-refractivity contribution in [2.24, 2.45) is 5.92 Å². The predicted octanol–water partition coefficient (Wildman–Crippen LogP) is 1.67. The number of carboxylic acid groups (broad SMARTS) is 1. The lowest BCUT2D eigenvalue weighted by Gasteiger charge is -2.19. The topological polar surface area (TPSA) is 46.5 Å². The highest BCUT2D eigenvalue weighted by Crippen LogP contribution is 2.25. The average Bonchev–Trinajstić information content (AvgIpc) is 2.27. The van der Waals surface area contributed by atoms with E-state index < -0.39 is 5.97 Å². The molecule has 1 rings (SSSR count). The summed E-state index contributed by atoms with van der Waals surface area (Å²) in [5, 5.41) is 8.88. The summed E-state index contributed by atoms with van der Waals surface area (Å²) in [5.74, 6) is -0.985. The van der Waals surface area contributed by atoms with Gasteiger partial charge in [0.2, 0.25) is 0 Å². The van der Waals surface area contributed by atoms with E-state index >= 15 is 0 Å². The molecule has 0 aromatic carbocycles. The molecule has 0 unspecified atom stereocenters. The van der Waals surface area contributed by atoms with E-state index in [-0.39, 0.29) is 12.0 Å². The number of hydrogen-bond donors (Lipinski definition) is 1. The highest BCUT2D eigenvalue weighted by Gasteiger charge is 2.28. The minimum atomic E-state index is -0.705. The maximum absolute atomic E-state index is 10.8. The van der Waals surface area contributed by atoms with Crippen LogP contribution in [0.3, 0.4) is 0 Å². The van der Waals surface area contributed by atoms with Gasteiger partial charge in [-0.2, -0.15) is 0 Å². The van der Waals surface area contributed by atoms with E-state index in [1.165, 1.54) is 0 Å². The zero-order valence-electron chi connectivity index (χ0n) is 7.45. The highest BCUT2D eigenvalue weighted by molar-refractivity contribution is 5.70. The predicted molar refractivity (Wildman–Crippen MR) is 45.0 cm³/mol. The number of hydrogen-bond acceptors (Lipinski definition) is 2. The number of carbonyl (C=O) groups is 1. The summed E-state index contributed by atoms with van der Waals surface area (Å²) in [6, 6.07) is 0. The third kappa shape index (κ3) is 2.21. The Hall–Kier alpha value is -0.570. The lowest BCUT2D eigenvalue weighted by molar-refractivity contribution is -0.146. The number of aliphatic carboxylic acids is 1. The van der Waals surface area contributed by atoms with Crippen LogP contribution in [-0.2, 0) is 9.53 Å². The minimum absolute atomic E-state index is 0.0648. The molecule has 0 saturated heterocycles. The Morgan fingerprint density at radius 3 is 2.58 bits per heavy atom. The molecule has 0 bridgehead atoms. The third-order valence-electron chi connectivity index (χ3n) is 2.57. The maximum atomic E-state index is 10.8. The summed E-state index contributed by atoms with van der Waals surface area (Å²) in [6.45, 7) is 0. The third-order valence-corrected chi connectivity index (χ3v) is 2.57. The first-order valence-electron chi connectivity index (χ1n) is 4.51. The number of rotatable bonds is 2. The summed E-state index contributed by atoms with van der Waals surface area (Å²) in [7, 11) is 1.60. The molecule has 3 nitrogen and oxygen atoms in total. The fraction of sp³-hybridized carbons (Fsp3) is 0.889. The lowest BCUT2D eigenvalue weighted by Crippen LogP contribution is -2.28. The smallest absolute Gasteiger partial charge is 0.309 e. The first kappa shape index (κ1) is 9.52. The Bertz CT molecular complexity index is 156. The molecule has 0 radical (unpaired) electrons. The molecule has 0 spiro atoms. The standard InChI is InChI=1S/C9H16O3/c1-12-8-6-4-2-3-5-7(8)9(10)11/h7-8H,2-6H2,1H3,(H,10,11)/t7-,8+/m0/s1. The fourth-order valence-electron chi connectivity index (χ4n) is 1.84. The van der Waals surface area contributed by atoms with Gasteiger partial charge in [0.1, 0.15) is 0 Å². The Balaban J connectivity index is 2.57. The largest absolute Gasteiger partial charge is 0.481 e. The fourth-order valence-corrected chi connectivity index (χ4v) is 1.84. The van der Waals surface area contributed by atoms with Crippen LogP contribution in [0.4, 0.5) is 0 Å². The van der Waals surface area contributed by atoms with Gasteiger partial charge in [0, 0.05) is 7.11 Å². The molecule has 3 heteroatoms. The van der Waals surface area contributed by atoms with Gasteiger partial charge in [0.15, 0.2) is 0 Å². The number of ether oxygens (including phenoxy) is 1. The van der Waals surface area contributed by atoms with E-state index in [0.29, 0.717) is 0 Å². The molecule has 0 aromatic heterocycles. The zero-order chi connectivity index (χ0) is 8.97. The molecule has 0 aromatic rings. The van der Waals surface area contributed by atoms with Crippen molar-refractivity contribution in [1.82, 2.24) is 0 Å². The van der Waals surface area contributed by atoms with Gasteiger partial charge in [0.05, 0.1) is 12.0 Å². The second kappa shape index (κ2) is 4.45. The Morgan fingerprint density at radius 2 is 2.00 bits per heavy atom. The number of methoxy groups -OCH3 is 1. The highest BCUT2D eigenvalue weighted by atomic mass is 16.5. The Morgan fingerprint density at radius 1 is 1.33 bits per heavy atom. The Labute approximate surface area is 72.7 Å². The second-order valence-electron chi connectivity index (χ2n) is 3.36. The first-order chi connectivity index (χ1) is 5.75. The molecule has 70 valence electrons. The number of carboxylic acids is 1. The van der Waals surface area contributed by atoms with E-state index in [1.54, 1.807) is 7.11 Å².